The highest BCUT2D eigenvalue weighted by Crippen LogP contribution is 2.51. The molecule has 1 aliphatic heterocycles. The minimum atomic E-state index is -0.842. The Morgan fingerprint density at radius 2 is 1.88 bits per heavy atom. The number of likely N-dealkylation sites (tertiary alicyclic amines) is 1. The van der Waals surface area contributed by atoms with E-state index in [0.717, 1.165) is 31.0 Å². The van der Waals surface area contributed by atoms with Gasteiger partial charge in [0.2, 0.25) is 5.91 Å². The van der Waals surface area contributed by atoms with Gasteiger partial charge in [-0.05, 0) is 60.8 Å². The number of carbonyl (C=O) groups is 2. The molecule has 6 heteroatoms. The summed E-state index contributed by atoms with van der Waals surface area (Å²) < 4.78 is 27.2. The van der Waals surface area contributed by atoms with Crippen LogP contribution in [0.2, 0.25) is 0 Å². The van der Waals surface area contributed by atoms with Crippen molar-refractivity contribution in [3.63, 3.8) is 0 Å². The molecule has 1 N–H and O–H groups in total. The maximum atomic E-state index is 13.8. The lowest BCUT2D eigenvalue weighted by atomic mass is 9.92. The first-order valence-electron chi connectivity index (χ1n) is 8.42. The Morgan fingerprint density at radius 1 is 1.12 bits per heavy atom. The van der Waals surface area contributed by atoms with Gasteiger partial charge in [0.05, 0.1) is 5.92 Å². The molecule has 0 aromatic heterocycles. The molecule has 3 fully saturated rings. The van der Waals surface area contributed by atoms with Gasteiger partial charge >= 0.3 is 5.97 Å². The fourth-order valence-corrected chi connectivity index (χ4v) is 4.12. The van der Waals surface area contributed by atoms with E-state index in [1.54, 1.807) is 4.90 Å². The molecule has 0 radical (unpaired) electrons. The normalized spacial score (nSPS) is 32.0. The van der Waals surface area contributed by atoms with Gasteiger partial charge in [-0.3, -0.25) is 9.59 Å². The first-order chi connectivity index (χ1) is 11.5. The molecular weight excluding hydrogens is 316 g/mol. The first-order valence-corrected chi connectivity index (χ1v) is 8.42. The number of aliphatic carboxylic acids is 1. The van der Waals surface area contributed by atoms with Crippen molar-refractivity contribution in [2.75, 3.05) is 13.1 Å². The third kappa shape index (κ3) is 2.68. The third-order valence-corrected chi connectivity index (χ3v) is 5.69. The molecule has 0 spiro atoms. The quantitative estimate of drug-likeness (QED) is 0.920. The second kappa shape index (κ2) is 5.53. The van der Waals surface area contributed by atoms with E-state index in [0.29, 0.717) is 18.9 Å². The summed E-state index contributed by atoms with van der Waals surface area (Å²) in [5.41, 5.74) is 0.251. The van der Waals surface area contributed by atoms with Crippen LogP contribution in [0, 0.1) is 35.3 Å². The van der Waals surface area contributed by atoms with Crippen LogP contribution in [0.4, 0.5) is 8.78 Å². The lowest BCUT2D eigenvalue weighted by molar-refractivity contribution is -0.142. The summed E-state index contributed by atoms with van der Waals surface area (Å²) in [5.74, 6) is -2.64. The van der Waals surface area contributed by atoms with Crippen LogP contribution in [0.25, 0.3) is 0 Å². The lowest BCUT2D eigenvalue weighted by Gasteiger charge is -2.16. The van der Waals surface area contributed by atoms with Gasteiger partial charge in [-0.15, -0.1) is 0 Å². The number of carboxylic acid groups (broad SMARTS) is 1. The van der Waals surface area contributed by atoms with E-state index in [1.165, 1.54) is 0 Å². The largest absolute Gasteiger partial charge is 0.481 e. The van der Waals surface area contributed by atoms with Crippen molar-refractivity contribution in [1.29, 1.82) is 0 Å². The van der Waals surface area contributed by atoms with Crippen LogP contribution < -0.4 is 0 Å². The molecule has 1 saturated heterocycles. The molecule has 1 aromatic rings. The number of carbonyl (C=O) groups excluding carboxylic acids is 1. The molecule has 1 heterocycles. The highest BCUT2D eigenvalue weighted by atomic mass is 19.1. The van der Waals surface area contributed by atoms with E-state index >= 15 is 0 Å². The predicted molar refractivity (Wildman–Crippen MR) is 81.1 cm³/mol. The predicted octanol–water partition coefficient (Wildman–Crippen LogP) is 2.64. The fourth-order valence-electron chi connectivity index (χ4n) is 4.12. The molecule has 3 aliphatic rings. The van der Waals surface area contributed by atoms with E-state index < -0.39 is 23.5 Å². The van der Waals surface area contributed by atoms with Gasteiger partial charge in [-0.25, -0.2) is 8.78 Å². The molecule has 1 aromatic carbocycles. The molecule has 24 heavy (non-hydrogen) atoms. The summed E-state index contributed by atoms with van der Waals surface area (Å²) in [6, 6.07) is 3.31. The van der Waals surface area contributed by atoms with Gasteiger partial charge in [-0.2, -0.15) is 0 Å². The Hall–Kier alpha value is -1.98. The highest BCUT2D eigenvalue weighted by Gasteiger charge is 2.52. The zero-order valence-corrected chi connectivity index (χ0v) is 13.1. The number of carboxylic acids is 1. The van der Waals surface area contributed by atoms with Crippen molar-refractivity contribution in [2.45, 2.75) is 25.2 Å². The third-order valence-electron chi connectivity index (χ3n) is 5.69. The number of hydrogen-bond donors (Lipinski definition) is 1. The molecule has 2 aliphatic carbocycles. The van der Waals surface area contributed by atoms with Crippen molar-refractivity contribution >= 4 is 11.9 Å². The summed E-state index contributed by atoms with van der Waals surface area (Å²) in [7, 11) is 0. The SMILES string of the molecule is O=C(O)[C@H]1CN(C(=O)C2CC2c2cc(F)ccc2F)C[C@@H]1C1CC1. The van der Waals surface area contributed by atoms with Crippen molar-refractivity contribution in [3.05, 3.63) is 35.4 Å². The summed E-state index contributed by atoms with van der Waals surface area (Å²) >= 11 is 0. The van der Waals surface area contributed by atoms with E-state index in [2.05, 4.69) is 0 Å². The standard InChI is InChI=1S/C18H19F2NO3/c19-10-3-4-16(20)12(5-10)11-6-13(11)17(22)21-7-14(9-1-2-9)15(8-21)18(23)24/h3-5,9,11,13-15H,1-2,6-8H2,(H,23,24)/t11?,13?,14-,15+/m1/s1. The van der Waals surface area contributed by atoms with Crippen LogP contribution in [0.1, 0.15) is 30.7 Å². The second-order valence-corrected chi connectivity index (χ2v) is 7.30. The Morgan fingerprint density at radius 3 is 2.54 bits per heavy atom. The fraction of sp³-hybridized carbons (Fsp3) is 0.556. The molecule has 4 rings (SSSR count). The topological polar surface area (TPSA) is 57.6 Å². The van der Waals surface area contributed by atoms with Crippen molar-refractivity contribution in [2.24, 2.45) is 23.7 Å². The van der Waals surface area contributed by atoms with Crippen molar-refractivity contribution in [1.82, 2.24) is 4.90 Å². The maximum Gasteiger partial charge on any atom is 0.308 e. The number of benzene rings is 1. The molecule has 4 nitrogen and oxygen atoms in total. The number of rotatable bonds is 4. The van der Waals surface area contributed by atoms with Crippen molar-refractivity contribution in [3.8, 4) is 0 Å². The second-order valence-electron chi connectivity index (χ2n) is 7.30. The molecule has 128 valence electrons. The Labute approximate surface area is 138 Å². The van der Waals surface area contributed by atoms with Gasteiger partial charge < -0.3 is 10.0 Å². The smallest absolute Gasteiger partial charge is 0.308 e. The van der Waals surface area contributed by atoms with Gasteiger partial charge in [0.25, 0.3) is 0 Å². The maximum absolute atomic E-state index is 13.8. The molecule has 1 amide bonds. The van der Waals surface area contributed by atoms with E-state index in [-0.39, 0.29) is 35.8 Å². The van der Waals surface area contributed by atoms with Crippen LogP contribution in [0.5, 0.6) is 0 Å². The first kappa shape index (κ1) is 15.5. The zero-order valence-electron chi connectivity index (χ0n) is 13.1. The number of amides is 1. The zero-order chi connectivity index (χ0) is 17.0. The van der Waals surface area contributed by atoms with Gasteiger partial charge in [0, 0.05) is 19.0 Å². The molecule has 4 atom stereocenters. The summed E-state index contributed by atoms with van der Waals surface area (Å²) in [6.45, 7) is 0.722. The van der Waals surface area contributed by atoms with E-state index in [9.17, 15) is 23.5 Å². The van der Waals surface area contributed by atoms with Gasteiger partial charge in [0.1, 0.15) is 11.6 Å². The summed E-state index contributed by atoms with van der Waals surface area (Å²) in [5, 5.41) is 9.38. The van der Waals surface area contributed by atoms with Crippen LogP contribution in [-0.2, 0) is 9.59 Å². The van der Waals surface area contributed by atoms with E-state index in [1.807, 2.05) is 0 Å². The minimum absolute atomic E-state index is 0.0366. The Kier molecular flexibility index (Phi) is 3.58. The Bertz CT molecular complexity index is 704. The average molecular weight is 335 g/mol. The van der Waals surface area contributed by atoms with E-state index in [4.69, 9.17) is 0 Å². The monoisotopic (exact) mass is 335 g/mol. The number of hydrogen-bond acceptors (Lipinski definition) is 2. The molecule has 2 saturated carbocycles. The molecule has 0 bridgehead atoms. The molecule has 2 unspecified atom stereocenters. The van der Waals surface area contributed by atoms with Crippen molar-refractivity contribution < 1.29 is 23.5 Å². The Balaban J connectivity index is 1.46. The average Bonchev–Trinajstić information content (AvgIpc) is 3.46. The minimum Gasteiger partial charge on any atom is -0.481 e. The highest BCUT2D eigenvalue weighted by molar-refractivity contribution is 5.84. The molecular formula is C18H19F2NO3. The van der Waals surface area contributed by atoms with Crippen LogP contribution in [-0.4, -0.2) is 35.0 Å². The van der Waals surface area contributed by atoms with Gasteiger partial charge in [0.15, 0.2) is 0 Å². The lowest BCUT2D eigenvalue weighted by Crippen LogP contribution is -2.31. The van der Waals surface area contributed by atoms with Crippen LogP contribution in [0.15, 0.2) is 18.2 Å². The van der Waals surface area contributed by atoms with Gasteiger partial charge in [-0.1, -0.05) is 0 Å². The summed E-state index contributed by atoms with van der Waals surface area (Å²) in [4.78, 5) is 25.7. The number of nitrogens with zero attached hydrogens (tertiary/aromatic N) is 1. The summed E-state index contributed by atoms with van der Waals surface area (Å²) in [6.07, 6.45) is 2.58. The van der Waals surface area contributed by atoms with Crippen LogP contribution in [0.3, 0.4) is 0 Å². The van der Waals surface area contributed by atoms with Crippen LogP contribution >= 0.6 is 0 Å². The number of halogens is 2.